The Morgan fingerprint density at radius 1 is 1.30 bits per heavy atom. The molecule has 0 aliphatic carbocycles. The molecule has 0 saturated carbocycles. The number of nitrogens with zero attached hydrogens (tertiary/aromatic N) is 1. The lowest BCUT2D eigenvalue weighted by atomic mass is 9.99. The Labute approximate surface area is 138 Å². The van der Waals surface area contributed by atoms with Gasteiger partial charge in [0.2, 0.25) is 5.91 Å². The highest BCUT2D eigenvalue weighted by Gasteiger charge is 2.24. The van der Waals surface area contributed by atoms with Crippen LogP contribution in [0.4, 0.5) is 0 Å². The van der Waals surface area contributed by atoms with Crippen LogP contribution < -0.4 is 5.32 Å². The van der Waals surface area contributed by atoms with Crippen molar-refractivity contribution < 1.29 is 9.90 Å². The van der Waals surface area contributed by atoms with Crippen molar-refractivity contribution in [3.8, 4) is 0 Å². The molecule has 1 aromatic carbocycles. The molecule has 0 bridgehead atoms. The van der Waals surface area contributed by atoms with Crippen LogP contribution in [-0.2, 0) is 16.8 Å². The minimum Gasteiger partial charge on any atom is -0.384 e. The summed E-state index contributed by atoms with van der Waals surface area (Å²) in [5.74, 6) is -0.126. The van der Waals surface area contributed by atoms with Crippen LogP contribution in [-0.4, -0.2) is 22.5 Å². The van der Waals surface area contributed by atoms with Crippen molar-refractivity contribution >= 4 is 28.1 Å². The molecule has 4 nitrogen and oxygen atoms in total. The molecular weight excluding hydrogens is 308 g/mol. The number of pyridine rings is 1. The number of thiophene rings is 1. The largest absolute Gasteiger partial charge is 0.384 e. The third kappa shape index (κ3) is 3.57. The number of aliphatic hydroxyl groups is 1. The summed E-state index contributed by atoms with van der Waals surface area (Å²) in [6.45, 7) is 1.88. The van der Waals surface area contributed by atoms with Gasteiger partial charge in [0, 0.05) is 11.6 Å². The first-order valence-corrected chi connectivity index (χ1v) is 8.35. The molecule has 0 saturated heterocycles. The number of nitrogens with one attached hydrogen (secondary N) is 1. The van der Waals surface area contributed by atoms with Crippen molar-refractivity contribution in [1.82, 2.24) is 10.3 Å². The van der Waals surface area contributed by atoms with E-state index in [0.29, 0.717) is 0 Å². The van der Waals surface area contributed by atoms with Gasteiger partial charge < -0.3 is 10.4 Å². The second kappa shape index (κ2) is 6.48. The van der Waals surface area contributed by atoms with Crippen LogP contribution in [0.25, 0.3) is 10.9 Å². The van der Waals surface area contributed by atoms with Gasteiger partial charge >= 0.3 is 0 Å². The van der Waals surface area contributed by atoms with Crippen molar-refractivity contribution in [3.63, 3.8) is 0 Å². The molecular formula is C18H18N2O2S. The Bertz CT molecular complexity index is 808. The first-order chi connectivity index (χ1) is 11.1. The van der Waals surface area contributed by atoms with Gasteiger partial charge in [-0.15, -0.1) is 0 Å². The highest BCUT2D eigenvalue weighted by molar-refractivity contribution is 7.08. The summed E-state index contributed by atoms with van der Waals surface area (Å²) >= 11 is 1.52. The lowest BCUT2D eigenvalue weighted by Gasteiger charge is -2.22. The molecule has 23 heavy (non-hydrogen) atoms. The van der Waals surface area contributed by atoms with Crippen LogP contribution in [0.2, 0.25) is 0 Å². The van der Waals surface area contributed by atoms with Crippen LogP contribution in [0.5, 0.6) is 0 Å². The number of hydrogen-bond donors (Lipinski definition) is 2. The molecule has 3 aromatic rings. The molecule has 1 amide bonds. The molecule has 0 spiro atoms. The topological polar surface area (TPSA) is 62.2 Å². The third-order valence-corrected chi connectivity index (χ3v) is 4.52. The molecule has 118 valence electrons. The van der Waals surface area contributed by atoms with Gasteiger partial charge in [0.1, 0.15) is 5.60 Å². The molecule has 0 aliphatic heterocycles. The molecule has 0 aliphatic rings. The zero-order valence-electron chi connectivity index (χ0n) is 12.8. The van der Waals surface area contributed by atoms with Crippen molar-refractivity contribution in [1.29, 1.82) is 0 Å². The lowest BCUT2D eigenvalue weighted by molar-refractivity contribution is -0.121. The highest BCUT2D eigenvalue weighted by atomic mass is 32.1. The first kappa shape index (κ1) is 15.6. The van der Waals surface area contributed by atoms with Crippen molar-refractivity contribution in [2.75, 3.05) is 6.54 Å². The van der Waals surface area contributed by atoms with Crippen molar-refractivity contribution in [2.24, 2.45) is 0 Å². The number of carbonyl (C=O) groups excluding carboxylic acids is 1. The van der Waals surface area contributed by atoms with Crippen molar-refractivity contribution in [2.45, 2.75) is 18.9 Å². The standard InChI is InChI=1S/C18H18N2O2S/c1-18(22,15-7-9-23-11-15)12-20-16(21)10-14-5-2-4-13-6-3-8-19-17(13)14/h2-9,11,22H,10,12H2,1H3,(H,20,21)/t18-/m0/s1. The van der Waals surface area contributed by atoms with Gasteiger partial charge in [0.25, 0.3) is 0 Å². The maximum absolute atomic E-state index is 12.2. The molecule has 2 aromatic heterocycles. The van der Waals surface area contributed by atoms with Crippen LogP contribution in [0.1, 0.15) is 18.1 Å². The third-order valence-electron chi connectivity index (χ3n) is 3.84. The number of para-hydroxylation sites is 1. The number of benzene rings is 1. The molecule has 2 N–H and O–H groups in total. The Morgan fingerprint density at radius 3 is 2.91 bits per heavy atom. The number of aromatic nitrogens is 1. The van der Waals surface area contributed by atoms with E-state index in [1.807, 2.05) is 47.2 Å². The van der Waals surface area contributed by atoms with E-state index in [9.17, 15) is 9.90 Å². The Kier molecular flexibility index (Phi) is 4.41. The van der Waals surface area contributed by atoms with E-state index in [1.54, 1.807) is 13.1 Å². The monoisotopic (exact) mass is 326 g/mol. The molecule has 5 heteroatoms. The van der Waals surface area contributed by atoms with Gasteiger partial charge in [-0.25, -0.2) is 0 Å². The van der Waals surface area contributed by atoms with Gasteiger partial charge in [0.05, 0.1) is 18.5 Å². The van der Waals surface area contributed by atoms with E-state index in [1.165, 1.54) is 11.3 Å². The quantitative estimate of drug-likeness (QED) is 0.758. The zero-order chi connectivity index (χ0) is 16.3. The number of amides is 1. The summed E-state index contributed by atoms with van der Waals surface area (Å²) in [4.78, 5) is 16.6. The summed E-state index contributed by atoms with van der Waals surface area (Å²) in [6.07, 6.45) is 1.97. The fourth-order valence-corrected chi connectivity index (χ4v) is 3.27. The Hall–Kier alpha value is -2.24. The first-order valence-electron chi connectivity index (χ1n) is 7.41. The van der Waals surface area contributed by atoms with Gasteiger partial charge in [-0.05, 0) is 40.9 Å². The lowest BCUT2D eigenvalue weighted by Crippen LogP contribution is -2.39. The van der Waals surface area contributed by atoms with Crippen molar-refractivity contribution in [3.05, 3.63) is 64.5 Å². The summed E-state index contributed by atoms with van der Waals surface area (Å²) in [5, 5.41) is 18.1. The summed E-state index contributed by atoms with van der Waals surface area (Å²) in [5.41, 5.74) is 1.48. The van der Waals surface area contributed by atoms with Gasteiger partial charge in [-0.3, -0.25) is 9.78 Å². The molecule has 1 atom stereocenters. The van der Waals surface area contributed by atoms with E-state index in [-0.39, 0.29) is 18.9 Å². The minimum atomic E-state index is -1.06. The van der Waals surface area contributed by atoms with E-state index < -0.39 is 5.60 Å². The van der Waals surface area contributed by atoms with Crippen LogP contribution in [0.15, 0.2) is 53.4 Å². The summed E-state index contributed by atoms with van der Waals surface area (Å²) < 4.78 is 0. The average Bonchev–Trinajstić information content (AvgIpc) is 3.09. The highest BCUT2D eigenvalue weighted by Crippen LogP contribution is 2.22. The molecule has 2 heterocycles. The van der Waals surface area contributed by atoms with E-state index in [2.05, 4.69) is 10.3 Å². The van der Waals surface area contributed by atoms with Crippen LogP contribution in [0.3, 0.4) is 0 Å². The number of rotatable bonds is 5. The molecule has 0 radical (unpaired) electrons. The van der Waals surface area contributed by atoms with Gasteiger partial charge in [-0.2, -0.15) is 11.3 Å². The Morgan fingerprint density at radius 2 is 2.13 bits per heavy atom. The predicted molar refractivity (Wildman–Crippen MR) is 92.3 cm³/mol. The van der Waals surface area contributed by atoms with Crippen LogP contribution in [0, 0.1) is 0 Å². The maximum Gasteiger partial charge on any atom is 0.224 e. The van der Waals surface area contributed by atoms with E-state index >= 15 is 0 Å². The number of hydrogen-bond acceptors (Lipinski definition) is 4. The van der Waals surface area contributed by atoms with E-state index in [4.69, 9.17) is 0 Å². The second-order valence-electron chi connectivity index (χ2n) is 5.73. The maximum atomic E-state index is 12.2. The predicted octanol–water partition coefficient (Wildman–Crippen LogP) is 2.86. The van der Waals surface area contributed by atoms with Gasteiger partial charge in [0.15, 0.2) is 0 Å². The summed E-state index contributed by atoms with van der Waals surface area (Å²) in [7, 11) is 0. The van der Waals surface area contributed by atoms with Crippen LogP contribution >= 0.6 is 11.3 Å². The number of fused-ring (bicyclic) bond motifs is 1. The van der Waals surface area contributed by atoms with E-state index in [0.717, 1.165) is 22.0 Å². The molecule has 3 rings (SSSR count). The van der Waals surface area contributed by atoms with Gasteiger partial charge in [-0.1, -0.05) is 24.3 Å². The number of carbonyl (C=O) groups is 1. The normalized spacial score (nSPS) is 13.7. The summed E-state index contributed by atoms with van der Waals surface area (Å²) in [6, 6.07) is 11.5. The fraction of sp³-hybridized carbons (Fsp3) is 0.222. The molecule has 0 unspecified atom stereocenters. The smallest absolute Gasteiger partial charge is 0.224 e. The fourth-order valence-electron chi connectivity index (χ4n) is 2.49. The minimum absolute atomic E-state index is 0.126. The average molecular weight is 326 g/mol. The molecule has 0 fully saturated rings. The SMILES string of the molecule is C[C@](O)(CNC(=O)Cc1cccc2cccnc12)c1ccsc1. The second-order valence-corrected chi connectivity index (χ2v) is 6.51. The zero-order valence-corrected chi connectivity index (χ0v) is 13.6. The Balaban J connectivity index is 1.67.